The first kappa shape index (κ1) is 24.0. The second-order valence-corrected chi connectivity index (χ2v) is 9.66. The fraction of sp³-hybridized carbons (Fsp3) is 0.381. The molecule has 1 aromatic carbocycles. The van der Waals surface area contributed by atoms with E-state index in [-0.39, 0.29) is 24.0 Å². The Morgan fingerprint density at radius 1 is 1.16 bits per heavy atom. The topological polar surface area (TPSA) is 106 Å². The van der Waals surface area contributed by atoms with Crippen LogP contribution in [0.3, 0.4) is 0 Å². The molecule has 0 atom stereocenters. The SMILES string of the molecule is COc1ccccc1-c1cc2cnc(NC3CCN(S(C)(=O)=O)CC3)nc2n(C)c1=O.Cl. The molecule has 172 valence electrons. The van der Waals surface area contributed by atoms with E-state index in [1.54, 1.807) is 26.4 Å². The smallest absolute Gasteiger partial charge is 0.259 e. The van der Waals surface area contributed by atoms with Crippen LogP contribution in [0, 0.1) is 0 Å². The average Bonchev–Trinajstić information content (AvgIpc) is 2.76. The van der Waals surface area contributed by atoms with Crippen molar-refractivity contribution in [2.75, 3.05) is 31.8 Å². The molecule has 1 saturated heterocycles. The van der Waals surface area contributed by atoms with Gasteiger partial charge in [0.15, 0.2) is 0 Å². The predicted octanol–water partition coefficient (Wildman–Crippen LogP) is 2.26. The van der Waals surface area contributed by atoms with E-state index in [0.717, 1.165) is 5.39 Å². The number of piperidine rings is 1. The normalized spacial score (nSPS) is 15.3. The summed E-state index contributed by atoms with van der Waals surface area (Å²) in [6, 6.07) is 9.23. The number of hydrogen-bond donors (Lipinski definition) is 1. The molecule has 0 amide bonds. The van der Waals surface area contributed by atoms with Crippen molar-refractivity contribution in [1.29, 1.82) is 0 Å². The first-order valence-electron chi connectivity index (χ1n) is 10.00. The predicted molar refractivity (Wildman–Crippen MR) is 127 cm³/mol. The molecule has 0 aliphatic carbocycles. The molecule has 11 heteroatoms. The Morgan fingerprint density at radius 2 is 1.84 bits per heavy atom. The molecule has 3 aromatic rings. The highest BCUT2D eigenvalue weighted by molar-refractivity contribution is 7.88. The van der Waals surface area contributed by atoms with Crippen LogP contribution in [0.1, 0.15) is 12.8 Å². The number of rotatable bonds is 5. The van der Waals surface area contributed by atoms with E-state index in [2.05, 4.69) is 15.3 Å². The monoisotopic (exact) mass is 479 g/mol. The van der Waals surface area contributed by atoms with Gasteiger partial charge in [0.25, 0.3) is 5.56 Å². The Bertz CT molecular complexity index is 1290. The Labute approximate surface area is 192 Å². The van der Waals surface area contributed by atoms with E-state index in [1.807, 2.05) is 24.3 Å². The lowest BCUT2D eigenvalue weighted by molar-refractivity contribution is 0.331. The lowest BCUT2D eigenvalue weighted by Crippen LogP contribution is -2.42. The summed E-state index contributed by atoms with van der Waals surface area (Å²) in [5.41, 5.74) is 1.58. The van der Waals surface area contributed by atoms with Gasteiger partial charge in [0, 0.05) is 43.3 Å². The number of methoxy groups -OCH3 is 1. The van der Waals surface area contributed by atoms with E-state index in [1.165, 1.54) is 15.1 Å². The second kappa shape index (κ2) is 9.43. The number of benzene rings is 1. The van der Waals surface area contributed by atoms with Crippen molar-refractivity contribution in [3.8, 4) is 16.9 Å². The third-order valence-corrected chi connectivity index (χ3v) is 6.91. The first-order valence-corrected chi connectivity index (χ1v) is 11.8. The zero-order valence-electron chi connectivity index (χ0n) is 18.1. The molecule has 1 N–H and O–H groups in total. The largest absolute Gasteiger partial charge is 0.496 e. The summed E-state index contributed by atoms with van der Waals surface area (Å²) >= 11 is 0. The number of pyridine rings is 1. The average molecular weight is 480 g/mol. The summed E-state index contributed by atoms with van der Waals surface area (Å²) in [6.45, 7) is 0.926. The molecule has 1 aliphatic rings. The van der Waals surface area contributed by atoms with Crippen LogP contribution in [0.25, 0.3) is 22.2 Å². The maximum Gasteiger partial charge on any atom is 0.259 e. The standard InChI is InChI=1S/C21H25N5O4S.ClH/c1-25-19-14(12-17(20(25)27)16-6-4-5-7-18(16)30-2)13-22-21(24-19)23-15-8-10-26(11-9-15)31(3,28)29;/h4-7,12-13,15H,8-11H2,1-3H3,(H,22,23,24);1H. The van der Waals surface area contributed by atoms with Crippen LogP contribution in [0.2, 0.25) is 0 Å². The summed E-state index contributed by atoms with van der Waals surface area (Å²) in [7, 11) is 0.0945. The van der Waals surface area contributed by atoms with Crippen LogP contribution < -0.4 is 15.6 Å². The van der Waals surface area contributed by atoms with Gasteiger partial charge in [0.2, 0.25) is 16.0 Å². The van der Waals surface area contributed by atoms with Gasteiger partial charge in [0.05, 0.1) is 18.9 Å². The molecular formula is C21H26ClN5O4S. The molecule has 0 radical (unpaired) electrons. The fourth-order valence-corrected chi connectivity index (χ4v) is 4.76. The Balaban J connectivity index is 0.00000289. The zero-order chi connectivity index (χ0) is 22.2. The lowest BCUT2D eigenvalue weighted by atomic mass is 10.1. The number of nitrogens with zero attached hydrogens (tertiary/aromatic N) is 4. The van der Waals surface area contributed by atoms with Gasteiger partial charge in [-0.3, -0.25) is 9.36 Å². The molecule has 3 heterocycles. The summed E-state index contributed by atoms with van der Waals surface area (Å²) in [5, 5.41) is 4.01. The van der Waals surface area contributed by atoms with Gasteiger partial charge in [-0.25, -0.2) is 17.7 Å². The van der Waals surface area contributed by atoms with Gasteiger partial charge < -0.3 is 10.1 Å². The van der Waals surface area contributed by atoms with E-state index < -0.39 is 10.0 Å². The molecule has 1 fully saturated rings. The van der Waals surface area contributed by atoms with Crippen molar-refractivity contribution < 1.29 is 13.2 Å². The van der Waals surface area contributed by atoms with Gasteiger partial charge in [-0.15, -0.1) is 12.4 Å². The minimum Gasteiger partial charge on any atom is -0.496 e. The third kappa shape index (κ3) is 4.72. The van der Waals surface area contributed by atoms with Crippen molar-refractivity contribution in [2.24, 2.45) is 7.05 Å². The van der Waals surface area contributed by atoms with Crippen LogP contribution >= 0.6 is 12.4 Å². The molecule has 0 spiro atoms. The second-order valence-electron chi connectivity index (χ2n) is 7.68. The van der Waals surface area contributed by atoms with Crippen molar-refractivity contribution in [1.82, 2.24) is 18.8 Å². The van der Waals surface area contributed by atoms with E-state index in [4.69, 9.17) is 4.74 Å². The molecule has 4 rings (SSSR count). The van der Waals surface area contributed by atoms with E-state index in [0.29, 0.717) is 54.4 Å². The maximum absolute atomic E-state index is 13.0. The Kier molecular flexibility index (Phi) is 7.06. The summed E-state index contributed by atoms with van der Waals surface area (Å²) < 4.78 is 31.8. The van der Waals surface area contributed by atoms with E-state index >= 15 is 0 Å². The van der Waals surface area contributed by atoms with E-state index in [9.17, 15) is 13.2 Å². The quantitative estimate of drug-likeness (QED) is 0.598. The zero-order valence-corrected chi connectivity index (χ0v) is 19.7. The number of fused-ring (bicyclic) bond motifs is 1. The number of para-hydroxylation sites is 1. The molecule has 0 bridgehead atoms. The highest BCUT2D eigenvalue weighted by atomic mass is 35.5. The molecule has 2 aromatic heterocycles. The van der Waals surface area contributed by atoms with Crippen LogP contribution in [-0.4, -0.2) is 59.8 Å². The number of ether oxygens (including phenoxy) is 1. The molecule has 0 unspecified atom stereocenters. The minimum absolute atomic E-state index is 0. The van der Waals surface area contributed by atoms with Crippen molar-refractivity contribution in [3.05, 3.63) is 46.9 Å². The van der Waals surface area contributed by atoms with Gasteiger partial charge in [-0.05, 0) is 25.0 Å². The lowest BCUT2D eigenvalue weighted by Gasteiger charge is -2.30. The highest BCUT2D eigenvalue weighted by Gasteiger charge is 2.25. The number of anilines is 1. The summed E-state index contributed by atoms with van der Waals surface area (Å²) in [6.07, 6.45) is 4.25. The Hall–Kier alpha value is -2.69. The summed E-state index contributed by atoms with van der Waals surface area (Å²) in [5.74, 6) is 1.05. The number of halogens is 1. The van der Waals surface area contributed by atoms with Gasteiger partial charge >= 0.3 is 0 Å². The molecule has 32 heavy (non-hydrogen) atoms. The Morgan fingerprint density at radius 3 is 2.50 bits per heavy atom. The van der Waals surface area contributed by atoms with Crippen molar-refractivity contribution in [3.63, 3.8) is 0 Å². The minimum atomic E-state index is -3.17. The first-order chi connectivity index (χ1) is 14.8. The van der Waals surface area contributed by atoms with Crippen LogP contribution in [-0.2, 0) is 17.1 Å². The van der Waals surface area contributed by atoms with Gasteiger partial charge in [-0.1, -0.05) is 18.2 Å². The van der Waals surface area contributed by atoms with Gasteiger partial charge in [-0.2, -0.15) is 4.98 Å². The summed E-state index contributed by atoms with van der Waals surface area (Å²) in [4.78, 5) is 22.0. The van der Waals surface area contributed by atoms with Crippen LogP contribution in [0.4, 0.5) is 5.95 Å². The van der Waals surface area contributed by atoms with Crippen LogP contribution in [0.15, 0.2) is 41.3 Å². The number of sulfonamides is 1. The number of aromatic nitrogens is 3. The molecule has 0 saturated carbocycles. The fourth-order valence-electron chi connectivity index (χ4n) is 3.89. The molecule has 9 nitrogen and oxygen atoms in total. The highest BCUT2D eigenvalue weighted by Crippen LogP contribution is 2.29. The number of aryl methyl sites for hydroxylation is 1. The van der Waals surface area contributed by atoms with Crippen LogP contribution in [0.5, 0.6) is 5.75 Å². The molecule has 1 aliphatic heterocycles. The van der Waals surface area contributed by atoms with Crippen molar-refractivity contribution in [2.45, 2.75) is 18.9 Å². The van der Waals surface area contributed by atoms with Crippen molar-refractivity contribution >= 4 is 39.4 Å². The molecular weight excluding hydrogens is 454 g/mol. The maximum atomic E-state index is 13.0. The number of nitrogens with one attached hydrogen (secondary N) is 1. The van der Waals surface area contributed by atoms with Gasteiger partial charge in [0.1, 0.15) is 11.4 Å². The third-order valence-electron chi connectivity index (χ3n) is 5.60. The number of hydrogen-bond acceptors (Lipinski definition) is 7.